The SMILES string of the molecule is N#Cc1c(N)nc(N)nc1-c1cc(C(F)(F)F)ccc1Br. The van der Waals surface area contributed by atoms with Crippen molar-refractivity contribution in [1.29, 1.82) is 5.26 Å². The minimum Gasteiger partial charge on any atom is -0.382 e. The summed E-state index contributed by atoms with van der Waals surface area (Å²) < 4.78 is 38.7. The number of hydrogen-bond acceptors (Lipinski definition) is 5. The maximum absolute atomic E-state index is 12.8. The molecule has 1 aromatic heterocycles. The van der Waals surface area contributed by atoms with Crippen molar-refractivity contribution in [3.05, 3.63) is 33.8 Å². The lowest BCUT2D eigenvalue weighted by Gasteiger charge is -2.12. The molecule has 21 heavy (non-hydrogen) atoms. The van der Waals surface area contributed by atoms with Gasteiger partial charge in [-0.15, -0.1) is 0 Å². The fourth-order valence-electron chi connectivity index (χ4n) is 1.68. The smallest absolute Gasteiger partial charge is 0.382 e. The Bertz CT molecular complexity index is 752. The molecule has 0 amide bonds. The molecule has 1 heterocycles. The van der Waals surface area contributed by atoms with E-state index in [1.807, 2.05) is 0 Å². The molecule has 0 aliphatic carbocycles. The maximum Gasteiger partial charge on any atom is 0.416 e. The van der Waals surface area contributed by atoms with E-state index >= 15 is 0 Å². The number of nitrogens with zero attached hydrogens (tertiary/aromatic N) is 3. The van der Waals surface area contributed by atoms with Crippen LogP contribution in [0.2, 0.25) is 0 Å². The van der Waals surface area contributed by atoms with E-state index in [9.17, 15) is 13.2 Å². The van der Waals surface area contributed by atoms with Gasteiger partial charge in [0.1, 0.15) is 17.5 Å². The highest BCUT2D eigenvalue weighted by molar-refractivity contribution is 9.10. The van der Waals surface area contributed by atoms with Gasteiger partial charge >= 0.3 is 6.18 Å². The van der Waals surface area contributed by atoms with Gasteiger partial charge in [-0.05, 0) is 18.2 Å². The average Bonchev–Trinajstić information content (AvgIpc) is 2.37. The van der Waals surface area contributed by atoms with E-state index in [1.165, 1.54) is 6.07 Å². The highest BCUT2D eigenvalue weighted by Gasteiger charge is 2.31. The summed E-state index contributed by atoms with van der Waals surface area (Å²) in [5.74, 6) is -0.421. The van der Waals surface area contributed by atoms with E-state index in [2.05, 4.69) is 25.9 Å². The molecule has 0 atom stereocenters. The van der Waals surface area contributed by atoms with Crippen molar-refractivity contribution in [3.63, 3.8) is 0 Å². The molecule has 9 heteroatoms. The molecule has 108 valence electrons. The lowest BCUT2D eigenvalue weighted by atomic mass is 10.0. The summed E-state index contributed by atoms with van der Waals surface area (Å²) in [6.45, 7) is 0. The van der Waals surface area contributed by atoms with Crippen LogP contribution in [0.1, 0.15) is 11.1 Å². The predicted molar refractivity (Wildman–Crippen MR) is 73.7 cm³/mol. The van der Waals surface area contributed by atoms with Gasteiger partial charge in [0.15, 0.2) is 0 Å². The van der Waals surface area contributed by atoms with Crippen LogP contribution in [0.3, 0.4) is 0 Å². The van der Waals surface area contributed by atoms with Gasteiger partial charge in [-0.2, -0.15) is 23.4 Å². The van der Waals surface area contributed by atoms with Crippen LogP contribution in [-0.4, -0.2) is 9.97 Å². The molecule has 4 N–H and O–H groups in total. The summed E-state index contributed by atoms with van der Waals surface area (Å²) >= 11 is 3.13. The number of benzene rings is 1. The van der Waals surface area contributed by atoms with Gasteiger partial charge < -0.3 is 11.5 Å². The van der Waals surface area contributed by atoms with E-state index in [1.54, 1.807) is 6.07 Å². The first kappa shape index (κ1) is 15.1. The minimum absolute atomic E-state index is 0.0551. The quantitative estimate of drug-likeness (QED) is 0.816. The molecule has 0 fully saturated rings. The van der Waals surface area contributed by atoms with Crippen LogP contribution >= 0.6 is 15.9 Å². The first-order chi connectivity index (χ1) is 9.74. The Balaban J connectivity index is 2.76. The standard InChI is InChI=1S/C12H7BrF3N5/c13-8-2-1-5(12(14,15)16)3-6(8)9-7(4-17)10(18)21-11(19)20-9/h1-3H,(H4,18,19,20,21). The highest BCUT2D eigenvalue weighted by Crippen LogP contribution is 2.37. The van der Waals surface area contributed by atoms with Gasteiger partial charge in [-0.3, -0.25) is 0 Å². The third kappa shape index (κ3) is 2.90. The molecule has 0 spiro atoms. The molecule has 2 aromatic rings. The van der Waals surface area contributed by atoms with Gasteiger partial charge in [0.05, 0.1) is 11.3 Å². The molecular weight excluding hydrogens is 351 g/mol. The Kier molecular flexibility index (Phi) is 3.74. The average molecular weight is 358 g/mol. The first-order valence-electron chi connectivity index (χ1n) is 5.44. The maximum atomic E-state index is 12.8. The summed E-state index contributed by atoms with van der Waals surface area (Å²) in [5, 5.41) is 9.08. The van der Waals surface area contributed by atoms with Crippen LogP contribution in [0.15, 0.2) is 22.7 Å². The Morgan fingerprint density at radius 3 is 2.43 bits per heavy atom. The van der Waals surface area contributed by atoms with E-state index in [0.717, 1.165) is 12.1 Å². The summed E-state index contributed by atoms with van der Waals surface area (Å²) in [4.78, 5) is 7.44. The van der Waals surface area contributed by atoms with Crippen LogP contribution < -0.4 is 11.5 Å². The lowest BCUT2D eigenvalue weighted by Crippen LogP contribution is -2.07. The largest absolute Gasteiger partial charge is 0.416 e. The molecule has 0 unspecified atom stereocenters. The number of aromatic nitrogens is 2. The van der Waals surface area contributed by atoms with Crippen molar-refractivity contribution in [1.82, 2.24) is 9.97 Å². The molecule has 0 radical (unpaired) electrons. The summed E-state index contributed by atoms with van der Waals surface area (Å²) in [7, 11) is 0. The van der Waals surface area contributed by atoms with Crippen molar-refractivity contribution in [2.45, 2.75) is 6.18 Å². The second-order valence-electron chi connectivity index (χ2n) is 3.99. The summed E-state index contributed by atoms with van der Waals surface area (Å²) in [6.07, 6.45) is -4.52. The van der Waals surface area contributed by atoms with E-state index in [-0.39, 0.29) is 28.6 Å². The number of anilines is 2. The van der Waals surface area contributed by atoms with Crippen LogP contribution in [0, 0.1) is 11.3 Å². The molecule has 2 rings (SSSR count). The zero-order valence-corrected chi connectivity index (χ0v) is 11.8. The van der Waals surface area contributed by atoms with Crippen LogP contribution in [0.5, 0.6) is 0 Å². The monoisotopic (exact) mass is 357 g/mol. The van der Waals surface area contributed by atoms with E-state index in [0.29, 0.717) is 4.47 Å². The molecule has 5 nitrogen and oxygen atoms in total. The van der Waals surface area contributed by atoms with Crippen molar-refractivity contribution >= 4 is 27.7 Å². The van der Waals surface area contributed by atoms with Crippen molar-refractivity contribution in [3.8, 4) is 17.3 Å². The number of nitrogens with two attached hydrogens (primary N) is 2. The van der Waals surface area contributed by atoms with Gasteiger partial charge in [0, 0.05) is 10.0 Å². The molecule has 0 saturated carbocycles. The number of hydrogen-bond donors (Lipinski definition) is 2. The summed E-state index contributed by atoms with van der Waals surface area (Å²) in [5.41, 5.74) is 9.99. The Hall–Kier alpha value is -2.34. The van der Waals surface area contributed by atoms with Gasteiger partial charge in [-0.1, -0.05) is 15.9 Å². The molecule has 0 saturated heterocycles. The normalized spacial score (nSPS) is 11.2. The van der Waals surface area contributed by atoms with Crippen LogP contribution in [0.4, 0.5) is 24.9 Å². The fraction of sp³-hybridized carbons (Fsp3) is 0.0833. The molecule has 0 aliphatic rings. The summed E-state index contributed by atoms with van der Waals surface area (Å²) in [6, 6.07) is 4.76. The second kappa shape index (κ2) is 5.21. The number of rotatable bonds is 1. The Morgan fingerprint density at radius 2 is 1.86 bits per heavy atom. The number of halogens is 4. The number of nitriles is 1. The van der Waals surface area contributed by atoms with Gasteiger partial charge in [0.2, 0.25) is 5.95 Å². The topological polar surface area (TPSA) is 102 Å². The third-order valence-electron chi connectivity index (χ3n) is 2.61. The Labute approximate surface area is 125 Å². The van der Waals surface area contributed by atoms with E-state index in [4.69, 9.17) is 16.7 Å². The van der Waals surface area contributed by atoms with Crippen molar-refractivity contribution < 1.29 is 13.2 Å². The number of alkyl halides is 3. The predicted octanol–water partition coefficient (Wildman–Crippen LogP) is 2.96. The molecule has 1 aromatic carbocycles. The molecule has 0 bridgehead atoms. The van der Waals surface area contributed by atoms with Gasteiger partial charge in [-0.25, -0.2) is 4.98 Å². The minimum atomic E-state index is -4.52. The first-order valence-corrected chi connectivity index (χ1v) is 6.23. The molecular formula is C12H7BrF3N5. The highest BCUT2D eigenvalue weighted by atomic mass is 79.9. The lowest BCUT2D eigenvalue weighted by molar-refractivity contribution is -0.137. The van der Waals surface area contributed by atoms with Crippen molar-refractivity contribution in [2.24, 2.45) is 0 Å². The zero-order valence-electron chi connectivity index (χ0n) is 10.2. The number of nitrogen functional groups attached to an aromatic ring is 2. The third-order valence-corrected chi connectivity index (χ3v) is 3.31. The van der Waals surface area contributed by atoms with Crippen molar-refractivity contribution in [2.75, 3.05) is 11.5 Å². The van der Waals surface area contributed by atoms with Crippen LogP contribution in [0.25, 0.3) is 11.3 Å². The fourth-order valence-corrected chi connectivity index (χ4v) is 2.12. The van der Waals surface area contributed by atoms with Crippen LogP contribution in [-0.2, 0) is 6.18 Å². The molecule has 0 aliphatic heterocycles. The van der Waals surface area contributed by atoms with E-state index < -0.39 is 11.7 Å². The Morgan fingerprint density at radius 1 is 1.19 bits per heavy atom. The second-order valence-corrected chi connectivity index (χ2v) is 4.85. The van der Waals surface area contributed by atoms with Gasteiger partial charge in [0.25, 0.3) is 0 Å². The zero-order chi connectivity index (χ0) is 15.8.